The molecule has 22 heavy (non-hydrogen) atoms. The number of hydrogen-bond donors (Lipinski definition) is 2. The molecular formula is C16H14BNO3S. The Bertz CT molecular complexity index is 754. The first-order valence-electron chi connectivity index (χ1n) is 6.74. The maximum absolute atomic E-state index is 9.11. The number of methoxy groups -OCH3 is 1. The van der Waals surface area contributed by atoms with Crippen LogP contribution in [0.2, 0.25) is 0 Å². The molecule has 110 valence electrons. The van der Waals surface area contributed by atoms with E-state index >= 15 is 0 Å². The molecule has 2 N–H and O–H groups in total. The first-order chi connectivity index (χ1) is 10.7. The molecule has 0 saturated carbocycles. The van der Waals surface area contributed by atoms with Gasteiger partial charge in [0.25, 0.3) is 0 Å². The SMILES string of the molecule is COc1ccc(-c2nc(-c3ccc(B(O)O)cc3)cs2)cc1. The second-order valence-electron chi connectivity index (χ2n) is 4.76. The van der Waals surface area contributed by atoms with Crippen molar-refractivity contribution in [2.75, 3.05) is 7.11 Å². The molecule has 0 spiro atoms. The molecule has 2 aromatic carbocycles. The number of aromatic nitrogens is 1. The molecule has 0 aliphatic rings. The molecule has 0 bridgehead atoms. The van der Waals surface area contributed by atoms with Gasteiger partial charge < -0.3 is 14.8 Å². The molecule has 0 saturated heterocycles. The predicted molar refractivity (Wildman–Crippen MR) is 89.4 cm³/mol. The largest absolute Gasteiger partial charge is 0.497 e. The van der Waals surface area contributed by atoms with E-state index in [-0.39, 0.29) is 0 Å². The normalized spacial score (nSPS) is 10.5. The molecule has 1 aromatic heterocycles. The number of rotatable bonds is 4. The summed E-state index contributed by atoms with van der Waals surface area (Å²) in [7, 11) is 0.197. The van der Waals surface area contributed by atoms with Gasteiger partial charge in [-0.1, -0.05) is 24.3 Å². The van der Waals surface area contributed by atoms with E-state index in [0.29, 0.717) is 5.46 Å². The van der Waals surface area contributed by atoms with Crippen LogP contribution in [-0.4, -0.2) is 29.3 Å². The van der Waals surface area contributed by atoms with E-state index in [2.05, 4.69) is 4.98 Å². The second-order valence-corrected chi connectivity index (χ2v) is 5.62. The molecule has 3 aromatic rings. The third-order valence-corrected chi connectivity index (χ3v) is 4.24. The summed E-state index contributed by atoms with van der Waals surface area (Å²) in [6.45, 7) is 0. The van der Waals surface area contributed by atoms with Crippen molar-refractivity contribution in [3.63, 3.8) is 0 Å². The monoisotopic (exact) mass is 311 g/mol. The van der Waals surface area contributed by atoms with Crippen molar-refractivity contribution >= 4 is 23.9 Å². The second kappa shape index (κ2) is 6.31. The summed E-state index contributed by atoms with van der Waals surface area (Å²) in [5.41, 5.74) is 3.32. The molecule has 6 heteroatoms. The minimum atomic E-state index is -1.45. The molecule has 0 amide bonds. The van der Waals surface area contributed by atoms with Gasteiger partial charge in [0.1, 0.15) is 10.8 Å². The van der Waals surface area contributed by atoms with Crippen LogP contribution in [0.4, 0.5) is 0 Å². The van der Waals surface area contributed by atoms with E-state index in [1.165, 1.54) is 0 Å². The van der Waals surface area contributed by atoms with Crippen LogP contribution in [0.3, 0.4) is 0 Å². The van der Waals surface area contributed by atoms with Crippen LogP contribution in [0.5, 0.6) is 5.75 Å². The number of ether oxygens (including phenoxy) is 1. The zero-order valence-electron chi connectivity index (χ0n) is 11.9. The summed E-state index contributed by atoms with van der Waals surface area (Å²) in [5, 5.41) is 21.1. The average molecular weight is 311 g/mol. The maximum Gasteiger partial charge on any atom is 0.488 e. The first kappa shape index (κ1) is 14.8. The number of thiazole rings is 1. The van der Waals surface area contributed by atoms with Crippen molar-refractivity contribution in [1.29, 1.82) is 0 Å². The van der Waals surface area contributed by atoms with Crippen LogP contribution >= 0.6 is 11.3 Å². The lowest BCUT2D eigenvalue weighted by molar-refractivity contribution is 0.415. The van der Waals surface area contributed by atoms with Gasteiger partial charge in [-0.2, -0.15) is 0 Å². The van der Waals surface area contributed by atoms with Crippen molar-refractivity contribution < 1.29 is 14.8 Å². The molecule has 1 heterocycles. The Kier molecular flexibility index (Phi) is 4.24. The van der Waals surface area contributed by atoms with Gasteiger partial charge in [-0.05, 0) is 29.7 Å². The van der Waals surface area contributed by atoms with E-state index < -0.39 is 7.12 Å². The van der Waals surface area contributed by atoms with Crippen molar-refractivity contribution in [2.45, 2.75) is 0 Å². The zero-order valence-corrected chi connectivity index (χ0v) is 12.7. The fourth-order valence-electron chi connectivity index (χ4n) is 2.10. The van der Waals surface area contributed by atoms with Crippen LogP contribution in [0.1, 0.15) is 0 Å². The molecular weight excluding hydrogens is 297 g/mol. The van der Waals surface area contributed by atoms with Crippen molar-refractivity contribution in [1.82, 2.24) is 4.98 Å². The first-order valence-corrected chi connectivity index (χ1v) is 7.62. The predicted octanol–water partition coefficient (Wildman–Crippen LogP) is 2.17. The van der Waals surface area contributed by atoms with E-state index in [9.17, 15) is 0 Å². The molecule has 0 unspecified atom stereocenters. The Morgan fingerprint density at radius 2 is 1.59 bits per heavy atom. The molecule has 0 aliphatic carbocycles. The smallest absolute Gasteiger partial charge is 0.488 e. The van der Waals surface area contributed by atoms with Gasteiger partial charge in [-0.3, -0.25) is 0 Å². The van der Waals surface area contributed by atoms with E-state index in [4.69, 9.17) is 14.8 Å². The zero-order chi connectivity index (χ0) is 15.5. The van der Waals surface area contributed by atoms with Crippen molar-refractivity contribution in [2.24, 2.45) is 0 Å². The molecule has 0 radical (unpaired) electrons. The molecule has 0 fully saturated rings. The number of benzene rings is 2. The minimum absolute atomic E-state index is 0.467. The Hall–Kier alpha value is -2.15. The van der Waals surface area contributed by atoms with Gasteiger partial charge in [0, 0.05) is 16.5 Å². The Morgan fingerprint density at radius 1 is 0.955 bits per heavy atom. The number of nitrogens with zero attached hydrogens (tertiary/aromatic N) is 1. The van der Waals surface area contributed by atoms with Gasteiger partial charge in [0.05, 0.1) is 12.8 Å². The number of hydrogen-bond acceptors (Lipinski definition) is 5. The van der Waals surface area contributed by atoms with Gasteiger partial charge in [-0.25, -0.2) is 4.98 Å². The van der Waals surface area contributed by atoms with E-state index in [1.807, 2.05) is 41.8 Å². The fourth-order valence-corrected chi connectivity index (χ4v) is 2.93. The summed E-state index contributed by atoms with van der Waals surface area (Å²) in [5.74, 6) is 0.818. The highest BCUT2D eigenvalue weighted by Crippen LogP contribution is 2.29. The Morgan fingerprint density at radius 3 is 2.18 bits per heavy atom. The molecule has 4 nitrogen and oxygen atoms in total. The fraction of sp³-hybridized carbons (Fsp3) is 0.0625. The highest BCUT2D eigenvalue weighted by molar-refractivity contribution is 7.13. The van der Waals surface area contributed by atoms with Crippen LogP contribution in [-0.2, 0) is 0 Å². The van der Waals surface area contributed by atoms with Crippen LogP contribution < -0.4 is 10.2 Å². The summed E-state index contributed by atoms with van der Waals surface area (Å²) in [6, 6.07) is 14.8. The van der Waals surface area contributed by atoms with Gasteiger partial charge in [-0.15, -0.1) is 11.3 Å². The summed E-state index contributed by atoms with van der Waals surface area (Å²) < 4.78 is 5.15. The maximum atomic E-state index is 9.11. The third-order valence-electron chi connectivity index (χ3n) is 3.35. The topological polar surface area (TPSA) is 62.6 Å². The molecule has 0 atom stereocenters. The highest BCUT2D eigenvalue weighted by Gasteiger charge is 2.11. The lowest BCUT2D eigenvalue weighted by Gasteiger charge is -2.01. The minimum Gasteiger partial charge on any atom is -0.497 e. The summed E-state index contributed by atoms with van der Waals surface area (Å²) in [4.78, 5) is 4.63. The lowest BCUT2D eigenvalue weighted by atomic mass is 9.80. The van der Waals surface area contributed by atoms with E-state index in [0.717, 1.165) is 27.6 Å². The Balaban J connectivity index is 1.86. The van der Waals surface area contributed by atoms with Gasteiger partial charge in [0.15, 0.2) is 0 Å². The van der Waals surface area contributed by atoms with Crippen LogP contribution in [0.15, 0.2) is 53.9 Å². The standard InChI is InChI=1S/C16H14BNO3S/c1-21-14-8-4-12(5-9-14)16-18-15(10-22-16)11-2-6-13(7-3-11)17(19)20/h2-10,19-20H,1H3. The van der Waals surface area contributed by atoms with Crippen molar-refractivity contribution in [3.8, 4) is 27.6 Å². The molecule has 3 rings (SSSR count). The van der Waals surface area contributed by atoms with Crippen LogP contribution in [0, 0.1) is 0 Å². The van der Waals surface area contributed by atoms with Crippen molar-refractivity contribution in [3.05, 3.63) is 53.9 Å². The Labute approximate surface area is 132 Å². The van der Waals surface area contributed by atoms with Gasteiger partial charge >= 0.3 is 7.12 Å². The van der Waals surface area contributed by atoms with E-state index in [1.54, 1.807) is 30.6 Å². The third kappa shape index (κ3) is 3.04. The lowest BCUT2D eigenvalue weighted by Crippen LogP contribution is -2.29. The highest BCUT2D eigenvalue weighted by atomic mass is 32.1. The summed E-state index contributed by atoms with van der Waals surface area (Å²) in [6.07, 6.45) is 0. The quantitative estimate of drug-likeness (QED) is 0.725. The average Bonchev–Trinajstić information content (AvgIpc) is 3.05. The van der Waals surface area contributed by atoms with Gasteiger partial charge in [0.2, 0.25) is 0 Å². The van der Waals surface area contributed by atoms with Crippen LogP contribution in [0.25, 0.3) is 21.8 Å². The summed E-state index contributed by atoms with van der Waals surface area (Å²) >= 11 is 1.57. The molecule has 0 aliphatic heterocycles.